The van der Waals surface area contributed by atoms with Crippen LogP contribution in [0, 0.1) is 0 Å². The SMILES string of the molecule is OC1CCN(c2nc3ccccc3n2Cc2ccc(Cl)cc2)CC1. The van der Waals surface area contributed by atoms with Gasteiger partial charge in [0, 0.05) is 18.1 Å². The fourth-order valence-corrected chi connectivity index (χ4v) is 3.42. The monoisotopic (exact) mass is 341 g/mol. The first kappa shape index (κ1) is 15.5. The minimum atomic E-state index is -0.185. The molecule has 0 aliphatic carbocycles. The molecule has 0 unspecified atom stereocenters. The summed E-state index contributed by atoms with van der Waals surface area (Å²) in [4.78, 5) is 7.14. The van der Waals surface area contributed by atoms with Crippen molar-refractivity contribution in [2.75, 3.05) is 18.0 Å². The Morgan fingerprint density at radius 1 is 1.04 bits per heavy atom. The third-order valence-corrected chi connectivity index (χ3v) is 4.89. The number of para-hydroxylation sites is 2. The van der Waals surface area contributed by atoms with Crippen LogP contribution in [0.4, 0.5) is 5.95 Å². The van der Waals surface area contributed by atoms with E-state index in [-0.39, 0.29) is 6.10 Å². The van der Waals surface area contributed by atoms with Gasteiger partial charge in [0.2, 0.25) is 5.95 Å². The molecule has 0 radical (unpaired) electrons. The molecule has 2 aromatic carbocycles. The van der Waals surface area contributed by atoms with Crippen molar-refractivity contribution in [1.29, 1.82) is 0 Å². The molecule has 1 N–H and O–H groups in total. The smallest absolute Gasteiger partial charge is 0.206 e. The number of nitrogens with zero attached hydrogens (tertiary/aromatic N) is 3. The second kappa shape index (κ2) is 6.46. The Morgan fingerprint density at radius 2 is 1.75 bits per heavy atom. The van der Waals surface area contributed by atoms with E-state index in [9.17, 15) is 5.11 Å². The predicted molar refractivity (Wildman–Crippen MR) is 97.7 cm³/mol. The van der Waals surface area contributed by atoms with Gasteiger partial charge in [-0.15, -0.1) is 0 Å². The summed E-state index contributed by atoms with van der Waals surface area (Å²) in [5.74, 6) is 0.984. The number of fused-ring (bicyclic) bond motifs is 1. The molecule has 3 aromatic rings. The minimum Gasteiger partial charge on any atom is -0.393 e. The lowest BCUT2D eigenvalue weighted by Gasteiger charge is -2.30. The molecule has 1 aliphatic heterocycles. The van der Waals surface area contributed by atoms with Crippen LogP contribution in [-0.2, 0) is 6.54 Å². The van der Waals surface area contributed by atoms with Gasteiger partial charge in [-0.3, -0.25) is 0 Å². The maximum Gasteiger partial charge on any atom is 0.206 e. The van der Waals surface area contributed by atoms with E-state index in [1.54, 1.807) is 0 Å². The number of anilines is 1. The van der Waals surface area contributed by atoms with Gasteiger partial charge in [0.15, 0.2) is 0 Å². The Kier molecular flexibility index (Phi) is 4.17. The first-order chi connectivity index (χ1) is 11.7. The fraction of sp³-hybridized carbons (Fsp3) is 0.316. The van der Waals surface area contributed by atoms with Gasteiger partial charge in [-0.2, -0.15) is 0 Å². The van der Waals surface area contributed by atoms with E-state index >= 15 is 0 Å². The van der Waals surface area contributed by atoms with Gasteiger partial charge < -0.3 is 14.6 Å². The lowest BCUT2D eigenvalue weighted by molar-refractivity contribution is 0.145. The molecule has 0 spiro atoms. The molecule has 2 heterocycles. The van der Waals surface area contributed by atoms with Crippen LogP contribution in [0.2, 0.25) is 5.02 Å². The van der Waals surface area contributed by atoms with Gasteiger partial charge in [-0.1, -0.05) is 35.9 Å². The number of hydrogen-bond donors (Lipinski definition) is 1. The highest BCUT2D eigenvalue weighted by Gasteiger charge is 2.22. The highest BCUT2D eigenvalue weighted by atomic mass is 35.5. The first-order valence-corrected chi connectivity index (χ1v) is 8.71. The topological polar surface area (TPSA) is 41.3 Å². The quantitative estimate of drug-likeness (QED) is 0.789. The van der Waals surface area contributed by atoms with E-state index in [1.807, 2.05) is 24.3 Å². The lowest BCUT2D eigenvalue weighted by Crippen LogP contribution is -2.37. The molecule has 24 heavy (non-hydrogen) atoms. The Morgan fingerprint density at radius 3 is 2.50 bits per heavy atom. The minimum absolute atomic E-state index is 0.185. The summed E-state index contributed by atoms with van der Waals surface area (Å²) in [6.07, 6.45) is 1.41. The zero-order chi connectivity index (χ0) is 16.5. The Hall–Kier alpha value is -2.04. The van der Waals surface area contributed by atoms with Gasteiger partial charge >= 0.3 is 0 Å². The normalized spacial score (nSPS) is 16.0. The molecule has 5 heteroatoms. The van der Waals surface area contributed by atoms with E-state index < -0.39 is 0 Å². The fourth-order valence-electron chi connectivity index (χ4n) is 3.30. The van der Waals surface area contributed by atoms with Crippen LogP contribution < -0.4 is 4.90 Å². The van der Waals surface area contributed by atoms with Crippen molar-refractivity contribution >= 4 is 28.6 Å². The summed E-state index contributed by atoms with van der Waals surface area (Å²) >= 11 is 6.00. The number of aliphatic hydroxyl groups excluding tert-OH is 1. The van der Waals surface area contributed by atoms with Gasteiger partial charge in [0.25, 0.3) is 0 Å². The van der Waals surface area contributed by atoms with Crippen LogP contribution in [-0.4, -0.2) is 33.9 Å². The van der Waals surface area contributed by atoms with Crippen molar-refractivity contribution in [3.05, 3.63) is 59.1 Å². The summed E-state index contributed by atoms with van der Waals surface area (Å²) in [6, 6.07) is 16.2. The van der Waals surface area contributed by atoms with Gasteiger partial charge in [0.1, 0.15) is 0 Å². The summed E-state index contributed by atoms with van der Waals surface area (Å²) in [6.45, 7) is 2.43. The highest BCUT2D eigenvalue weighted by molar-refractivity contribution is 6.30. The molecule has 0 atom stereocenters. The van der Waals surface area contributed by atoms with Crippen molar-refractivity contribution in [3.63, 3.8) is 0 Å². The zero-order valence-electron chi connectivity index (χ0n) is 13.4. The van der Waals surface area contributed by atoms with Crippen LogP contribution in [0.5, 0.6) is 0 Å². The van der Waals surface area contributed by atoms with Crippen LogP contribution in [0.1, 0.15) is 18.4 Å². The summed E-state index contributed by atoms with van der Waals surface area (Å²) in [7, 11) is 0. The second-order valence-electron chi connectivity index (χ2n) is 6.33. The molecule has 1 aromatic heterocycles. The maximum atomic E-state index is 9.78. The van der Waals surface area contributed by atoms with Crippen LogP contribution in [0.25, 0.3) is 11.0 Å². The van der Waals surface area contributed by atoms with Gasteiger partial charge in [-0.25, -0.2) is 4.98 Å². The van der Waals surface area contributed by atoms with Crippen molar-refractivity contribution < 1.29 is 5.11 Å². The molecular weight excluding hydrogens is 322 g/mol. The molecule has 0 amide bonds. The van der Waals surface area contributed by atoms with Crippen molar-refractivity contribution in [2.45, 2.75) is 25.5 Å². The number of halogens is 1. The van der Waals surface area contributed by atoms with Crippen molar-refractivity contribution in [2.24, 2.45) is 0 Å². The molecule has 1 fully saturated rings. The molecule has 4 nitrogen and oxygen atoms in total. The van der Waals surface area contributed by atoms with E-state index in [0.717, 1.165) is 54.5 Å². The molecule has 0 saturated carbocycles. The van der Waals surface area contributed by atoms with Crippen LogP contribution >= 0.6 is 11.6 Å². The Balaban J connectivity index is 1.74. The summed E-state index contributed by atoms with van der Waals surface area (Å²) in [5, 5.41) is 10.5. The molecule has 0 bridgehead atoms. The number of aliphatic hydroxyl groups is 1. The highest BCUT2D eigenvalue weighted by Crippen LogP contribution is 2.26. The van der Waals surface area contributed by atoms with Gasteiger partial charge in [0.05, 0.1) is 23.7 Å². The van der Waals surface area contributed by atoms with E-state index in [2.05, 4.69) is 33.7 Å². The van der Waals surface area contributed by atoms with E-state index in [4.69, 9.17) is 16.6 Å². The third-order valence-electron chi connectivity index (χ3n) is 4.64. The Bertz CT molecular complexity index is 835. The molecule has 4 rings (SSSR count). The molecular formula is C19H20ClN3O. The number of hydrogen-bond acceptors (Lipinski definition) is 3. The second-order valence-corrected chi connectivity index (χ2v) is 6.77. The number of piperidine rings is 1. The maximum absolute atomic E-state index is 9.78. The average molecular weight is 342 g/mol. The standard InChI is InChI=1S/C19H20ClN3O/c20-15-7-5-14(6-8-15)13-23-18-4-2-1-3-17(18)21-19(23)22-11-9-16(24)10-12-22/h1-8,16,24H,9-13H2. The van der Waals surface area contributed by atoms with E-state index in [0.29, 0.717) is 0 Å². The zero-order valence-corrected chi connectivity index (χ0v) is 14.2. The number of benzene rings is 2. The predicted octanol–water partition coefficient (Wildman–Crippen LogP) is 3.70. The number of aromatic nitrogens is 2. The third kappa shape index (κ3) is 2.99. The van der Waals surface area contributed by atoms with Gasteiger partial charge in [-0.05, 0) is 42.7 Å². The van der Waals surface area contributed by atoms with Crippen molar-refractivity contribution in [1.82, 2.24) is 9.55 Å². The summed E-state index contributed by atoms with van der Waals surface area (Å²) < 4.78 is 2.26. The van der Waals surface area contributed by atoms with Crippen LogP contribution in [0.15, 0.2) is 48.5 Å². The molecule has 124 valence electrons. The molecule has 1 saturated heterocycles. The number of rotatable bonds is 3. The lowest BCUT2D eigenvalue weighted by atomic mass is 10.1. The Labute approximate surface area is 146 Å². The molecule has 1 aliphatic rings. The van der Waals surface area contributed by atoms with Crippen LogP contribution in [0.3, 0.4) is 0 Å². The van der Waals surface area contributed by atoms with Crippen molar-refractivity contribution in [3.8, 4) is 0 Å². The largest absolute Gasteiger partial charge is 0.393 e. The number of imidazole rings is 1. The first-order valence-electron chi connectivity index (χ1n) is 8.33. The summed E-state index contributed by atoms with van der Waals surface area (Å²) in [5.41, 5.74) is 3.34. The average Bonchev–Trinajstić information content (AvgIpc) is 2.96. The van der Waals surface area contributed by atoms with E-state index in [1.165, 1.54) is 5.56 Å².